The molecule has 8 heteroatoms. The Balaban J connectivity index is 1.62. The normalized spacial score (nSPS) is 19.8. The second-order valence-corrected chi connectivity index (χ2v) is 8.59. The number of hydrogen-bond acceptors (Lipinski definition) is 8. The number of fused-ring (bicyclic) bond motifs is 5. The van der Waals surface area contributed by atoms with E-state index in [0.29, 0.717) is 24.4 Å². The number of hydrogen-bond donors (Lipinski definition) is 1. The van der Waals surface area contributed by atoms with Gasteiger partial charge in [0.2, 0.25) is 5.71 Å². The maximum Gasteiger partial charge on any atom is 0.229 e. The molecule has 3 aromatic rings. The molecule has 154 valence electrons. The van der Waals surface area contributed by atoms with Gasteiger partial charge in [-0.25, -0.2) is 15.0 Å². The Kier molecular flexibility index (Phi) is 4.45. The summed E-state index contributed by atoms with van der Waals surface area (Å²) < 4.78 is 12.3. The average Bonchev–Trinajstić information content (AvgIpc) is 3.06. The van der Waals surface area contributed by atoms with Gasteiger partial charge in [0, 0.05) is 50.4 Å². The molecule has 0 amide bonds. The number of furan rings is 1. The van der Waals surface area contributed by atoms with Gasteiger partial charge in [0.25, 0.3) is 0 Å². The number of aryl methyl sites for hydroxylation is 1. The Morgan fingerprint density at radius 3 is 2.69 bits per heavy atom. The number of pyridine rings is 1. The molecule has 0 unspecified atom stereocenters. The first-order valence-corrected chi connectivity index (χ1v) is 10.2. The maximum atomic E-state index is 9.17. The summed E-state index contributed by atoms with van der Waals surface area (Å²) in [5.74, 6) is 0.828. The highest BCUT2D eigenvalue weighted by molar-refractivity contribution is 6.06. The highest BCUT2D eigenvalue weighted by Crippen LogP contribution is 2.39. The Hall–Kier alpha value is -2.29. The van der Waals surface area contributed by atoms with Crippen molar-refractivity contribution in [1.82, 2.24) is 19.9 Å². The molecular weight excluding hydrogens is 370 g/mol. The van der Waals surface area contributed by atoms with Crippen LogP contribution in [0.1, 0.15) is 30.7 Å². The molecule has 1 fully saturated rings. The van der Waals surface area contributed by atoms with Crippen molar-refractivity contribution in [3.8, 4) is 0 Å². The Morgan fingerprint density at radius 2 is 1.93 bits per heavy atom. The molecule has 5 rings (SSSR count). The Bertz CT molecular complexity index is 1070. The van der Waals surface area contributed by atoms with Gasteiger partial charge in [-0.3, -0.25) is 4.90 Å². The number of aliphatic hydroxyl groups is 1. The summed E-state index contributed by atoms with van der Waals surface area (Å²) in [7, 11) is 0. The molecule has 0 aliphatic carbocycles. The van der Waals surface area contributed by atoms with Crippen LogP contribution in [0.3, 0.4) is 0 Å². The van der Waals surface area contributed by atoms with Gasteiger partial charge in [-0.15, -0.1) is 0 Å². The lowest BCUT2D eigenvalue weighted by atomic mass is 9.89. The van der Waals surface area contributed by atoms with E-state index >= 15 is 0 Å². The molecule has 0 bridgehead atoms. The first-order valence-electron chi connectivity index (χ1n) is 10.2. The zero-order valence-electron chi connectivity index (χ0n) is 17.2. The van der Waals surface area contributed by atoms with Crippen LogP contribution in [0.15, 0.2) is 10.7 Å². The van der Waals surface area contributed by atoms with Crippen LogP contribution in [-0.4, -0.2) is 69.9 Å². The highest BCUT2D eigenvalue weighted by Gasteiger charge is 2.32. The summed E-state index contributed by atoms with van der Waals surface area (Å²) in [6.07, 6.45) is 2.43. The van der Waals surface area contributed by atoms with Gasteiger partial charge in [-0.05, 0) is 26.3 Å². The molecule has 0 atom stereocenters. The summed E-state index contributed by atoms with van der Waals surface area (Å²) in [5, 5.41) is 10.2. The number of anilines is 1. The number of rotatable bonds is 3. The van der Waals surface area contributed by atoms with Crippen LogP contribution in [0.4, 0.5) is 5.82 Å². The third kappa shape index (κ3) is 3.15. The van der Waals surface area contributed by atoms with Crippen molar-refractivity contribution in [2.75, 3.05) is 44.2 Å². The van der Waals surface area contributed by atoms with Crippen molar-refractivity contribution >= 4 is 28.0 Å². The van der Waals surface area contributed by atoms with E-state index in [1.165, 1.54) is 5.56 Å². The minimum absolute atomic E-state index is 0.192. The number of nitrogens with zero attached hydrogens (tertiary/aromatic N) is 5. The third-order valence-electron chi connectivity index (χ3n) is 6.10. The largest absolute Gasteiger partial charge is 0.432 e. The highest BCUT2D eigenvalue weighted by atomic mass is 16.5. The van der Waals surface area contributed by atoms with Crippen molar-refractivity contribution in [1.29, 1.82) is 0 Å². The van der Waals surface area contributed by atoms with E-state index < -0.39 is 0 Å². The molecule has 0 radical (unpaired) electrons. The Morgan fingerprint density at radius 1 is 1.14 bits per heavy atom. The predicted octanol–water partition coefficient (Wildman–Crippen LogP) is 2.05. The lowest BCUT2D eigenvalue weighted by Gasteiger charge is -2.34. The second kappa shape index (κ2) is 6.90. The van der Waals surface area contributed by atoms with E-state index in [0.717, 1.165) is 60.6 Å². The molecule has 1 N–H and O–H groups in total. The Labute approximate surface area is 169 Å². The van der Waals surface area contributed by atoms with E-state index in [2.05, 4.69) is 33.6 Å². The van der Waals surface area contributed by atoms with E-state index in [1.807, 2.05) is 6.92 Å². The quantitative estimate of drug-likeness (QED) is 0.718. The van der Waals surface area contributed by atoms with Crippen molar-refractivity contribution in [2.24, 2.45) is 0 Å². The van der Waals surface area contributed by atoms with Gasteiger partial charge in [0.05, 0.1) is 24.2 Å². The van der Waals surface area contributed by atoms with E-state index in [-0.39, 0.29) is 12.2 Å². The van der Waals surface area contributed by atoms with Crippen LogP contribution in [0, 0.1) is 6.92 Å². The zero-order valence-corrected chi connectivity index (χ0v) is 17.2. The molecule has 5 heterocycles. The molecule has 3 aromatic heterocycles. The molecule has 0 saturated carbocycles. The molecule has 1 saturated heterocycles. The summed E-state index contributed by atoms with van der Waals surface area (Å²) in [6.45, 7) is 11.2. The molecule has 2 aliphatic rings. The van der Waals surface area contributed by atoms with E-state index in [9.17, 15) is 5.11 Å². The van der Waals surface area contributed by atoms with Gasteiger partial charge in [0.15, 0.2) is 11.4 Å². The summed E-state index contributed by atoms with van der Waals surface area (Å²) in [5.41, 5.74) is 5.30. The summed E-state index contributed by atoms with van der Waals surface area (Å²) in [4.78, 5) is 18.4. The number of ether oxygens (including phenoxy) is 1. The van der Waals surface area contributed by atoms with Gasteiger partial charge in [0.1, 0.15) is 11.8 Å². The fraction of sp³-hybridized carbons (Fsp3) is 0.571. The fourth-order valence-electron chi connectivity index (χ4n) is 4.51. The van der Waals surface area contributed by atoms with Crippen LogP contribution < -0.4 is 4.90 Å². The first-order chi connectivity index (χ1) is 14.0. The molecular formula is C21H27N5O3. The minimum Gasteiger partial charge on any atom is -0.432 e. The third-order valence-corrected chi connectivity index (χ3v) is 6.10. The standard InChI is InChI=1S/C21H27N5O3/c1-13-15-11-28-21(2,3)10-14(15)16-17-18(29-20(16)24-13)19(23-12-22-17)26-6-4-25(5-7-26)8-9-27/h12,27H,4-11H2,1-3H3. The zero-order chi connectivity index (χ0) is 20.2. The van der Waals surface area contributed by atoms with Crippen molar-refractivity contribution in [3.05, 3.63) is 23.1 Å². The number of aromatic nitrogens is 3. The second-order valence-electron chi connectivity index (χ2n) is 8.59. The van der Waals surface area contributed by atoms with E-state index in [4.69, 9.17) is 14.1 Å². The molecule has 2 aliphatic heterocycles. The smallest absolute Gasteiger partial charge is 0.229 e. The number of β-amino-alcohol motifs (C(OH)–C–C–N with tert-alkyl or cyclic N) is 1. The fourth-order valence-corrected chi connectivity index (χ4v) is 4.51. The summed E-state index contributed by atoms with van der Waals surface area (Å²) >= 11 is 0. The maximum absolute atomic E-state index is 9.17. The van der Waals surface area contributed by atoms with Crippen molar-refractivity contribution < 1.29 is 14.3 Å². The minimum atomic E-state index is -0.226. The lowest BCUT2D eigenvalue weighted by Crippen LogP contribution is -2.47. The van der Waals surface area contributed by atoms with Gasteiger partial charge in [-0.2, -0.15) is 0 Å². The van der Waals surface area contributed by atoms with Crippen LogP contribution in [-0.2, 0) is 17.8 Å². The molecule has 0 aromatic carbocycles. The van der Waals surface area contributed by atoms with Gasteiger partial charge in [-0.1, -0.05) is 0 Å². The van der Waals surface area contributed by atoms with E-state index in [1.54, 1.807) is 6.33 Å². The first kappa shape index (κ1) is 18.7. The average molecular weight is 397 g/mol. The topological polar surface area (TPSA) is 87.8 Å². The van der Waals surface area contributed by atoms with Crippen LogP contribution in [0.5, 0.6) is 0 Å². The van der Waals surface area contributed by atoms with Crippen molar-refractivity contribution in [3.63, 3.8) is 0 Å². The number of aliphatic hydroxyl groups excluding tert-OH is 1. The van der Waals surface area contributed by atoms with Gasteiger partial charge < -0.3 is 19.2 Å². The molecule has 8 nitrogen and oxygen atoms in total. The van der Waals surface area contributed by atoms with Gasteiger partial charge >= 0.3 is 0 Å². The monoisotopic (exact) mass is 397 g/mol. The van der Waals surface area contributed by atoms with Crippen molar-refractivity contribution in [2.45, 2.75) is 39.4 Å². The molecule has 0 spiro atoms. The van der Waals surface area contributed by atoms with Crippen LogP contribution in [0.25, 0.3) is 22.2 Å². The predicted molar refractivity (Wildman–Crippen MR) is 110 cm³/mol. The SMILES string of the molecule is Cc1nc2oc3c(N4CCN(CCO)CC4)ncnc3c2c2c1COC(C)(C)C2. The van der Waals surface area contributed by atoms with Crippen LogP contribution >= 0.6 is 0 Å². The number of piperazine rings is 1. The lowest BCUT2D eigenvalue weighted by molar-refractivity contribution is -0.0400. The summed E-state index contributed by atoms with van der Waals surface area (Å²) in [6, 6.07) is 0. The molecule has 29 heavy (non-hydrogen) atoms. The van der Waals surface area contributed by atoms with Crippen LogP contribution in [0.2, 0.25) is 0 Å².